The fraction of sp³-hybridized carbons (Fsp3) is 0.647. The van der Waals surface area contributed by atoms with Crippen LogP contribution in [0.2, 0.25) is 0 Å². The lowest BCUT2D eigenvalue weighted by atomic mass is 10.1. The van der Waals surface area contributed by atoms with Crippen molar-refractivity contribution in [1.29, 1.82) is 0 Å². The monoisotopic (exact) mass is 299 g/mol. The maximum Gasteiger partial charge on any atom is 0.157 e. The molecule has 118 valence electrons. The predicted molar refractivity (Wildman–Crippen MR) is 88.7 cm³/mol. The smallest absolute Gasteiger partial charge is 0.157 e. The van der Waals surface area contributed by atoms with Crippen LogP contribution in [-0.2, 0) is 6.42 Å². The van der Waals surface area contributed by atoms with Crippen LogP contribution in [-0.4, -0.2) is 40.8 Å². The van der Waals surface area contributed by atoms with Crippen LogP contribution in [0.25, 0.3) is 5.65 Å². The number of nitrogens with zero attached hydrogens (tertiary/aromatic N) is 4. The van der Waals surface area contributed by atoms with Crippen molar-refractivity contribution in [1.82, 2.24) is 19.9 Å². The molecule has 1 saturated carbocycles. The fourth-order valence-corrected chi connectivity index (χ4v) is 3.75. The molecule has 3 heterocycles. The third-order valence-corrected chi connectivity index (χ3v) is 5.06. The summed E-state index contributed by atoms with van der Waals surface area (Å²) in [5, 5.41) is 8.36. The molecule has 0 atom stereocenters. The molecule has 22 heavy (non-hydrogen) atoms. The highest BCUT2D eigenvalue weighted by Crippen LogP contribution is 2.34. The molecule has 2 aromatic rings. The molecule has 0 amide bonds. The highest BCUT2D eigenvalue weighted by atomic mass is 15.4. The van der Waals surface area contributed by atoms with Gasteiger partial charge < -0.3 is 10.2 Å². The van der Waals surface area contributed by atoms with Crippen molar-refractivity contribution in [3.05, 3.63) is 23.5 Å². The van der Waals surface area contributed by atoms with Gasteiger partial charge in [0.25, 0.3) is 0 Å². The summed E-state index contributed by atoms with van der Waals surface area (Å²) in [6.45, 7) is 6.35. The van der Waals surface area contributed by atoms with Gasteiger partial charge >= 0.3 is 0 Å². The van der Waals surface area contributed by atoms with Crippen LogP contribution in [0.5, 0.6) is 0 Å². The minimum absolute atomic E-state index is 0.641. The quantitative estimate of drug-likeness (QED) is 0.945. The SMILES string of the molecule is CCc1cc(N2CCNCC2)n2nc(C3CCCC3)cc2n1. The first-order valence-corrected chi connectivity index (χ1v) is 8.70. The van der Waals surface area contributed by atoms with E-state index in [4.69, 9.17) is 10.1 Å². The zero-order valence-corrected chi connectivity index (χ0v) is 13.4. The molecule has 2 fully saturated rings. The van der Waals surface area contributed by atoms with Crippen molar-refractivity contribution in [2.24, 2.45) is 0 Å². The number of anilines is 1. The third-order valence-electron chi connectivity index (χ3n) is 5.06. The lowest BCUT2D eigenvalue weighted by molar-refractivity contribution is 0.578. The van der Waals surface area contributed by atoms with Crippen LogP contribution in [0, 0.1) is 0 Å². The van der Waals surface area contributed by atoms with Crippen LogP contribution in [0.1, 0.15) is 49.9 Å². The number of aromatic nitrogens is 3. The predicted octanol–water partition coefficient (Wildman–Crippen LogP) is 2.36. The van der Waals surface area contributed by atoms with Gasteiger partial charge in [0.1, 0.15) is 5.82 Å². The number of rotatable bonds is 3. The van der Waals surface area contributed by atoms with Crippen LogP contribution in [0.4, 0.5) is 5.82 Å². The molecule has 1 aliphatic heterocycles. The summed E-state index contributed by atoms with van der Waals surface area (Å²) in [4.78, 5) is 7.24. The summed E-state index contributed by atoms with van der Waals surface area (Å²) in [5.74, 6) is 1.86. The Balaban J connectivity index is 1.78. The molecule has 1 N–H and O–H groups in total. The maximum absolute atomic E-state index is 4.94. The van der Waals surface area contributed by atoms with Gasteiger partial charge in [0.05, 0.1) is 5.69 Å². The zero-order valence-electron chi connectivity index (χ0n) is 13.4. The van der Waals surface area contributed by atoms with E-state index in [0.717, 1.165) is 38.2 Å². The second-order valence-electron chi connectivity index (χ2n) is 6.52. The highest BCUT2D eigenvalue weighted by Gasteiger charge is 2.22. The molecular weight excluding hydrogens is 274 g/mol. The van der Waals surface area contributed by atoms with E-state index in [1.54, 1.807) is 0 Å². The Morgan fingerprint density at radius 1 is 1.18 bits per heavy atom. The standard InChI is InChI=1S/C17H25N5/c1-2-14-11-17(21-9-7-18-8-10-21)22-16(19-14)12-15(20-22)13-5-3-4-6-13/h11-13,18H,2-10H2,1H3. The first kappa shape index (κ1) is 14.0. The Morgan fingerprint density at radius 3 is 2.68 bits per heavy atom. The Kier molecular flexibility index (Phi) is 3.74. The Bertz CT molecular complexity index is 650. The van der Waals surface area contributed by atoms with Crippen molar-refractivity contribution in [2.75, 3.05) is 31.1 Å². The first-order valence-electron chi connectivity index (χ1n) is 8.70. The van der Waals surface area contributed by atoms with Gasteiger partial charge in [-0.2, -0.15) is 9.61 Å². The van der Waals surface area contributed by atoms with E-state index in [2.05, 4.69) is 33.8 Å². The molecule has 0 unspecified atom stereocenters. The summed E-state index contributed by atoms with van der Waals surface area (Å²) in [6, 6.07) is 4.45. The number of nitrogens with one attached hydrogen (secondary N) is 1. The lowest BCUT2D eigenvalue weighted by Crippen LogP contribution is -2.44. The molecule has 2 aliphatic rings. The number of hydrogen-bond acceptors (Lipinski definition) is 4. The minimum Gasteiger partial charge on any atom is -0.354 e. The number of aryl methyl sites for hydroxylation is 1. The average molecular weight is 299 g/mol. The molecular formula is C17H25N5. The van der Waals surface area contributed by atoms with Gasteiger partial charge in [0, 0.05) is 49.9 Å². The fourth-order valence-electron chi connectivity index (χ4n) is 3.75. The molecule has 5 nitrogen and oxygen atoms in total. The Morgan fingerprint density at radius 2 is 1.95 bits per heavy atom. The number of fused-ring (bicyclic) bond motifs is 1. The van der Waals surface area contributed by atoms with Crippen molar-refractivity contribution in [3.63, 3.8) is 0 Å². The molecule has 5 heteroatoms. The van der Waals surface area contributed by atoms with Gasteiger partial charge in [-0.3, -0.25) is 0 Å². The normalized spacial score (nSPS) is 20.1. The molecule has 4 rings (SSSR count). The molecule has 0 aromatic carbocycles. The largest absolute Gasteiger partial charge is 0.354 e. The summed E-state index contributed by atoms with van der Waals surface area (Å²) >= 11 is 0. The highest BCUT2D eigenvalue weighted by molar-refractivity contribution is 5.53. The van der Waals surface area contributed by atoms with E-state index < -0.39 is 0 Å². The van der Waals surface area contributed by atoms with Crippen LogP contribution < -0.4 is 10.2 Å². The van der Waals surface area contributed by atoms with Crippen molar-refractivity contribution in [2.45, 2.75) is 44.9 Å². The van der Waals surface area contributed by atoms with E-state index in [1.807, 2.05) is 0 Å². The molecule has 0 bridgehead atoms. The lowest BCUT2D eigenvalue weighted by Gasteiger charge is -2.29. The van der Waals surface area contributed by atoms with E-state index >= 15 is 0 Å². The van der Waals surface area contributed by atoms with Crippen molar-refractivity contribution >= 4 is 11.5 Å². The van der Waals surface area contributed by atoms with Crippen LogP contribution >= 0.6 is 0 Å². The summed E-state index contributed by atoms with van der Waals surface area (Å²) in [5.41, 5.74) is 3.43. The Labute approximate surface area is 131 Å². The second-order valence-corrected chi connectivity index (χ2v) is 6.52. The van der Waals surface area contributed by atoms with Gasteiger partial charge in [0.2, 0.25) is 0 Å². The molecule has 1 aliphatic carbocycles. The van der Waals surface area contributed by atoms with Gasteiger partial charge in [-0.05, 0) is 19.3 Å². The topological polar surface area (TPSA) is 45.5 Å². The summed E-state index contributed by atoms with van der Waals surface area (Å²) in [7, 11) is 0. The third kappa shape index (κ3) is 2.47. The second kappa shape index (κ2) is 5.88. The van der Waals surface area contributed by atoms with E-state index in [1.165, 1.54) is 42.9 Å². The molecule has 1 saturated heterocycles. The summed E-state index contributed by atoms with van der Waals surface area (Å²) < 4.78 is 2.08. The van der Waals surface area contributed by atoms with Gasteiger partial charge in [0.15, 0.2) is 5.65 Å². The molecule has 0 radical (unpaired) electrons. The molecule has 0 spiro atoms. The van der Waals surface area contributed by atoms with E-state index in [-0.39, 0.29) is 0 Å². The zero-order chi connectivity index (χ0) is 14.9. The van der Waals surface area contributed by atoms with E-state index in [9.17, 15) is 0 Å². The van der Waals surface area contributed by atoms with Crippen molar-refractivity contribution < 1.29 is 0 Å². The Hall–Kier alpha value is -1.62. The van der Waals surface area contributed by atoms with Gasteiger partial charge in [-0.1, -0.05) is 19.8 Å². The van der Waals surface area contributed by atoms with Gasteiger partial charge in [-0.15, -0.1) is 0 Å². The van der Waals surface area contributed by atoms with Crippen LogP contribution in [0.15, 0.2) is 12.1 Å². The van der Waals surface area contributed by atoms with Gasteiger partial charge in [-0.25, -0.2) is 4.98 Å². The number of hydrogen-bond donors (Lipinski definition) is 1. The first-order chi connectivity index (χ1) is 10.8. The molecule has 2 aromatic heterocycles. The van der Waals surface area contributed by atoms with E-state index in [0.29, 0.717) is 5.92 Å². The van der Waals surface area contributed by atoms with Crippen molar-refractivity contribution in [3.8, 4) is 0 Å². The minimum atomic E-state index is 0.641. The van der Waals surface area contributed by atoms with Crippen LogP contribution in [0.3, 0.4) is 0 Å². The maximum atomic E-state index is 4.94. The average Bonchev–Trinajstić information content (AvgIpc) is 3.23. The number of piperazine rings is 1. The summed E-state index contributed by atoms with van der Waals surface area (Å²) in [6.07, 6.45) is 6.23.